The fraction of sp³-hybridized carbons (Fsp3) is 0.625. The van der Waals surface area contributed by atoms with Gasteiger partial charge in [-0.05, 0) is 49.8 Å². The molecule has 0 radical (unpaired) electrons. The zero-order chi connectivity index (χ0) is 12.1. The second-order valence-corrected chi connectivity index (χ2v) is 5.31. The van der Waals surface area contributed by atoms with E-state index >= 15 is 0 Å². The van der Waals surface area contributed by atoms with Gasteiger partial charge in [0.15, 0.2) is 0 Å². The summed E-state index contributed by atoms with van der Waals surface area (Å²) in [6.45, 7) is 5.66. The summed E-state index contributed by atoms with van der Waals surface area (Å²) in [7, 11) is 0. The summed E-state index contributed by atoms with van der Waals surface area (Å²) in [5.74, 6) is 0.733. The lowest BCUT2D eigenvalue weighted by Gasteiger charge is -2.33. The lowest BCUT2D eigenvalue weighted by atomic mass is 9.78. The van der Waals surface area contributed by atoms with Gasteiger partial charge in [0.05, 0.1) is 0 Å². The fourth-order valence-electron chi connectivity index (χ4n) is 3.08. The molecular weight excluding hydrogens is 206 g/mol. The minimum atomic E-state index is 0.699. The van der Waals surface area contributed by atoms with Crippen LogP contribution in [-0.2, 0) is 0 Å². The molecule has 0 aromatic heterocycles. The van der Waals surface area contributed by atoms with Crippen LogP contribution in [0.1, 0.15) is 56.1 Å². The van der Waals surface area contributed by atoms with Gasteiger partial charge >= 0.3 is 0 Å². The quantitative estimate of drug-likeness (QED) is 0.825. The molecule has 1 aromatic rings. The van der Waals surface area contributed by atoms with Crippen LogP contribution < -0.4 is 5.32 Å². The van der Waals surface area contributed by atoms with Crippen LogP contribution in [-0.4, -0.2) is 12.6 Å². The van der Waals surface area contributed by atoms with Crippen molar-refractivity contribution in [3.8, 4) is 0 Å². The fourth-order valence-corrected chi connectivity index (χ4v) is 3.08. The number of hydrogen-bond donors (Lipinski definition) is 1. The highest BCUT2D eigenvalue weighted by molar-refractivity contribution is 5.30. The Morgan fingerprint density at radius 2 is 1.94 bits per heavy atom. The number of rotatable bonds is 4. The normalized spacial score (nSPS) is 24.8. The molecule has 2 atom stereocenters. The van der Waals surface area contributed by atoms with Gasteiger partial charge in [-0.2, -0.15) is 0 Å². The van der Waals surface area contributed by atoms with Gasteiger partial charge in [-0.25, -0.2) is 0 Å². The average Bonchev–Trinajstić information content (AvgIpc) is 2.37. The molecule has 0 aliphatic heterocycles. The first-order valence-electron chi connectivity index (χ1n) is 7.12. The summed E-state index contributed by atoms with van der Waals surface area (Å²) < 4.78 is 0. The van der Waals surface area contributed by atoms with Crippen molar-refractivity contribution in [3.63, 3.8) is 0 Å². The zero-order valence-corrected chi connectivity index (χ0v) is 11.2. The van der Waals surface area contributed by atoms with Crippen molar-refractivity contribution in [1.82, 2.24) is 5.32 Å². The Balaban J connectivity index is 2.13. The van der Waals surface area contributed by atoms with Gasteiger partial charge in [0.2, 0.25) is 0 Å². The van der Waals surface area contributed by atoms with Crippen molar-refractivity contribution in [2.24, 2.45) is 0 Å². The van der Waals surface area contributed by atoms with Gasteiger partial charge in [-0.3, -0.25) is 0 Å². The van der Waals surface area contributed by atoms with E-state index in [1.807, 2.05) is 0 Å². The summed E-state index contributed by atoms with van der Waals surface area (Å²) in [5.41, 5.74) is 3.03. The van der Waals surface area contributed by atoms with E-state index in [0.717, 1.165) is 12.5 Å². The highest BCUT2D eigenvalue weighted by Gasteiger charge is 2.26. The Bertz CT molecular complexity index is 345. The minimum absolute atomic E-state index is 0.699. The molecule has 1 nitrogen and oxygen atoms in total. The summed E-state index contributed by atoms with van der Waals surface area (Å²) in [5, 5.41) is 3.75. The molecule has 1 heteroatoms. The SMILES string of the molecule is CCCNC1CCCCC1c1ccccc1C. The van der Waals surface area contributed by atoms with Crippen molar-refractivity contribution in [3.05, 3.63) is 35.4 Å². The monoisotopic (exact) mass is 231 g/mol. The molecule has 0 saturated heterocycles. The molecule has 1 saturated carbocycles. The van der Waals surface area contributed by atoms with Crippen LogP contribution >= 0.6 is 0 Å². The van der Waals surface area contributed by atoms with E-state index in [1.165, 1.54) is 37.7 Å². The van der Waals surface area contributed by atoms with E-state index in [2.05, 4.69) is 43.4 Å². The maximum atomic E-state index is 3.75. The molecule has 1 aromatic carbocycles. The Morgan fingerprint density at radius 1 is 1.18 bits per heavy atom. The van der Waals surface area contributed by atoms with Crippen LogP contribution in [0, 0.1) is 6.92 Å². The van der Waals surface area contributed by atoms with Gasteiger partial charge in [0.25, 0.3) is 0 Å². The van der Waals surface area contributed by atoms with Crippen LogP contribution in [0.5, 0.6) is 0 Å². The summed E-state index contributed by atoms with van der Waals surface area (Å²) in [6, 6.07) is 9.61. The molecule has 1 fully saturated rings. The van der Waals surface area contributed by atoms with Crippen LogP contribution in [0.25, 0.3) is 0 Å². The number of nitrogens with one attached hydrogen (secondary N) is 1. The molecule has 0 heterocycles. The van der Waals surface area contributed by atoms with Crippen molar-refractivity contribution in [1.29, 1.82) is 0 Å². The molecular formula is C16H25N. The third kappa shape index (κ3) is 3.10. The Labute approximate surface area is 106 Å². The first-order valence-corrected chi connectivity index (χ1v) is 7.12. The largest absolute Gasteiger partial charge is 0.313 e. The highest BCUT2D eigenvalue weighted by Crippen LogP contribution is 2.34. The summed E-state index contributed by atoms with van der Waals surface area (Å²) in [4.78, 5) is 0. The van der Waals surface area contributed by atoms with E-state index in [1.54, 1.807) is 5.56 Å². The third-order valence-corrected chi connectivity index (χ3v) is 4.01. The van der Waals surface area contributed by atoms with Crippen molar-refractivity contribution in [2.45, 2.75) is 57.9 Å². The Hall–Kier alpha value is -0.820. The first-order chi connectivity index (χ1) is 8.33. The molecule has 17 heavy (non-hydrogen) atoms. The average molecular weight is 231 g/mol. The minimum Gasteiger partial charge on any atom is -0.313 e. The second-order valence-electron chi connectivity index (χ2n) is 5.31. The molecule has 94 valence electrons. The van der Waals surface area contributed by atoms with E-state index in [4.69, 9.17) is 0 Å². The van der Waals surface area contributed by atoms with E-state index in [0.29, 0.717) is 6.04 Å². The molecule has 1 aliphatic rings. The summed E-state index contributed by atoms with van der Waals surface area (Å²) in [6.07, 6.45) is 6.72. The number of hydrogen-bond acceptors (Lipinski definition) is 1. The van der Waals surface area contributed by atoms with Gasteiger partial charge in [0, 0.05) is 6.04 Å². The van der Waals surface area contributed by atoms with Gasteiger partial charge in [0.1, 0.15) is 0 Å². The smallest absolute Gasteiger partial charge is 0.0136 e. The molecule has 1 aliphatic carbocycles. The molecule has 2 rings (SSSR count). The van der Waals surface area contributed by atoms with Gasteiger partial charge in [-0.15, -0.1) is 0 Å². The molecule has 0 bridgehead atoms. The lowest BCUT2D eigenvalue weighted by Crippen LogP contribution is -2.37. The zero-order valence-electron chi connectivity index (χ0n) is 11.2. The molecule has 0 amide bonds. The maximum absolute atomic E-state index is 3.75. The van der Waals surface area contributed by atoms with E-state index in [9.17, 15) is 0 Å². The van der Waals surface area contributed by atoms with Crippen LogP contribution in [0.15, 0.2) is 24.3 Å². The van der Waals surface area contributed by atoms with Crippen LogP contribution in [0.4, 0.5) is 0 Å². The highest BCUT2D eigenvalue weighted by atomic mass is 14.9. The van der Waals surface area contributed by atoms with Gasteiger partial charge < -0.3 is 5.32 Å². The predicted octanol–water partition coefficient (Wildman–Crippen LogP) is 4.02. The van der Waals surface area contributed by atoms with Crippen LogP contribution in [0.3, 0.4) is 0 Å². The summed E-state index contributed by atoms with van der Waals surface area (Å²) >= 11 is 0. The van der Waals surface area contributed by atoms with Crippen molar-refractivity contribution < 1.29 is 0 Å². The van der Waals surface area contributed by atoms with Crippen molar-refractivity contribution >= 4 is 0 Å². The van der Waals surface area contributed by atoms with Gasteiger partial charge in [-0.1, -0.05) is 44.0 Å². The molecule has 0 spiro atoms. The van der Waals surface area contributed by atoms with Crippen LogP contribution in [0.2, 0.25) is 0 Å². The third-order valence-electron chi connectivity index (χ3n) is 4.01. The maximum Gasteiger partial charge on any atom is 0.0136 e. The number of aryl methyl sites for hydroxylation is 1. The lowest BCUT2D eigenvalue weighted by molar-refractivity contribution is 0.327. The first kappa shape index (κ1) is 12.6. The molecule has 2 unspecified atom stereocenters. The van der Waals surface area contributed by atoms with Crippen molar-refractivity contribution in [2.75, 3.05) is 6.54 Å². The Kier molecular flexibility index (Phi) is 4.61. The van der Waals surface area contributed by atoms with E-state index in [-0.39, 0.29) is 0 Å². The number of benzene rings is 1. The Morgan fingerprint density at radius 3 is 2.71 bits per heavy atom. The topological polar surface area (TPSA) is 12.0 Å². The standard InChI is InChI=1S/C16H25N/c1-3-12-17-16-11-7-6-10-15(16)14-9-5-4-8-13(14)2/h4-5,8-9,15-17H,3,6-7,10-12H2,1-2H3. The predicted molar refractivity (Wildman–Crippen MR) is 74.5 cm³/mol. The van der Waals surface area contributed by atoms with E-state index < -0.39 is 0 Å². The molecule has 1 N–H and O–H groups in total. The second kappa shape index (κ2) is 6.20.